The molecule has 11 nitrogen and oxygen atoms in total. The van der Waals surface area contributed by atoms with E-state index in [9.17, 15) is 19.2 Å². The highest BCUT2D eigenvalue weighted by Crippen LogP contribution is 2.34. The highest BCUT2D eigenvalue weighted by Gasteiger charge is 2.45. The monoisotopic (exact) mass is 561 g/mol. The number of aromatic nitrogens is 2. The smallest absolute Gasteiger partial charge is 0.314 e. The van der Waals surface area contributed by atoms with Gasteiger partial charge in [-0.15, -0.1) is 11.3 Å². The van der Waals surface area contributed by atoms with E-state index in [1.54, 1.807) is 27.1 Å². The van der Waals surface area contributed by atoms with Gasteiger partial charge in [0, 0.05) is 50.6 Å². The molecule has 3 N–H and O–H groups in total. The Morgan fingerprint density at radius 3 is 2.63 bits per heavy atom. The second-order valence-electron chi connectivity index (χ2n) is 10.3. The lowest BCUT2D eigenvalue weighted by atomic mass is 9.72. The van der Waals surface area contributed by atoms with Crippen LogP contribution in [0.3, 0.4) is 0 Å². The molecule has 4 amide bonds. The minimum atomic E-state index is -0.997. The predicted molar refractivity (Wildman–Crippen MR) is 144 cm³/mol. The molecule has 0 saturated heterocycles. The number of thiazole rings is 1. The predicted octanol–water partition coefficient (Wildman–Crippen LogP) is 1.68. The van der Waals surface area contributed by atoms with Gasteiger partial charge in [0.15, 0.2) is 5.01 Å². The summed E-state index contributed by atoms with van der Waals surface area (Å²) >= 11 is 7.19. The van der Waals surface area contributed by atoms with Crippen molar-refractivity contribution in [1.29, 1.82) is 0 Å². The standard InChI is InChI=1S/C25H32ClN7O4S/c1-25(31-22(36)23-28-16-9-10-33(4)13-17(16)38-23)11-14(24(37)32(2)3)5-7-18(25)29-20(34)21(35)30-19-8-6-15(26)12-27-19/h6,8,12,14,18H,5,7,9-11,13H2,1-4H3,(H,29,34)(H,31,36)(H,27,30,35)/t14-,18-,25-/m0/s1. The van der Waals surface area contributed by atoms with Crippen molar-refractivity contribution in [3.63, 3.8) is 0 Å². The zero-order valence-corrected chi connectivity index (χ0v) is 23.4. The molecule has 0 radical (unpaired) electrons. The van der Waals surface area contributed by atoms with E-state index in [4.69, 9.17) is 11.6 Å². The Bertz CT molecular complexity index is 1230. The Kier molecular flexibility index (Phi) is 8.34. The molecule has 2 aromatic heterocycles. The molecule has 1 fully saturated rings. The summed E-state index contributed by atoms with van der Waals surface area (Å²) in [4.78, 5) is 64.9. The molecule has 204 valence electrons. The Morgan fingerprint density at radius 2 is 1.95 bits per heavy atom. The van der Waals surface area contributed by atoms with E-state index in [1.165, 1.54) is 28.5 Å². The molecule has 1 saturated carbocycles. The summed E-state index contributed by atoms with van der Waals surface area (Å²) in [6, 6.07) is 2.45. The molecule has 13 heteroatoms. The molecule has 0 spiro atoms. The van der Waals surface area contributed by atoms with Crippen LogP contribution in [0.5, 0.6) is 0 Å². The third-order valence-corrected chi connectivity index (χ3v) is 8.33. The highest BCUT2D eigenvalue weighted by molar-refractivity contribution is 7.13. The first-order valence-electron chi connectivity index (χ1n) is 12.4. The number of nitrogens with one attached hydrogen (secondary N) is 3. The highest BCUT2D eigenvalue weighted by atomic mass is 35.5. The summed E-state index contributed by atoms with van der Waals surface area (Å²) in [5, 5.41) is 9.03. The molecule has 0 bridgehead atoms. The topological polar surface area (TPSA) is 137 Å². The number of rotatable bonds is 5. The van der Waals surface area contributed by atoms with Crippen LogP contribution in [-0.4, -0.2) is 82.7 Å². The summed E-state index contributed by atoms with van der Waals surface area (Å²) in [6.45, 7) is 3.42. The van der Waals surface area contributed by atoms with E-state index in [2.05, 4.69) is 30.8 Å². The maximum Gasteiger partial charge on any atom is 0.314 e. The van der Waals surface area contributed by atoms with Gasteiger partial charge in [-0.1, -0.05) is 11.6 Å². The number of carbonyl (C=O) groups is 4. The van der Waals surface area contributed by atoms with Crippen LogP contribution in [0, 0.1) is 5.92 Å². The lowest BCUT2D eigenvalue weighted by Gasteiger charge is -2.45. The number of carbonyl (C=O) groups excluding carboxylic acids is 4. The van der Waals surface area contributed by atoms with Crippen LogP contribution in [-0.2, 0) is 27.3 Å². The first-order chi connectivity index (χ1) is 17.9. The van der Waals surface area contributed by atoms with Crippen molar-refractivity contribution < 1.29 is 19.2 Å². The summed E-state index contributed by atoms with van der Waals surface area (Å²) in [5.74, 6) is -2.32. The molecule has 3 atom stereocenters. The van der Waals surface area contributed by atoms with Gasteiger partial charge in [0.25, 0.3) is 5.91 Å². The lowest BCUT2D eigenvalue weighted by molar-refractivity contribution is -0.138. The number of anilines is 1. The summed E-state index contributed by atoms with van der Waals surface area (Å²) < 4.78 is 0. The molecular formula is C25H32ClN7O4S. The van der Waals surface area contributed by atoms with Crippen molar-refractivity contribution in [2.45, 2.75) is 50.7 Å². The summed E-state index contributed by atoms with van der Waals surface area (Å²) in [7, 11) is 5.41. The number of pyridine rings is 1. The average molecular weight is 562 g/mol. The molecular weight excluding hydrogens is 530 g/mol. The van der Waals surface area contributed by atoms with Crippen molar-refractivity contribution in [2.75, 3.05) is 33.0 Å². The fourth-order valence-corrected chi connectivity index (χ4v) is 6.16. The van der Waals surface area contributed by atoms with Gasteiger partial charge < -0.3 is 25.8 Å². The Balaban J connectivity index is 1.51. The number of hydrogen-bond donors (Lipinski definition) is 3. The van der Waals surface area contributed by atoms with E-state index < -0.39 is 23.4 Å². The Hall–Kier alpha value is -3.09. The summed E-state index contributed by atoms with van der Waals surface area (Å²) in [6.07, 6.45) is 3.35. The second-order valence-corrected chi connectivity index (χ2v) is 11.8. The minimum Gasteiger partial charge on any atom is -0.349 e. The first kappa shape index (κ1) is 27.9. The van der Waals surface area contributed by atoms with E-state index in [1.807, 2.05) is 7.05 Å². The number of halogens is 1. The van der Waals surface area contributed by atoms with Gasteiger partial charge in [-0.25, -0.2) is 9.97 Å². The Morgan fingerprint density at radius 1 is 1.18 bits per heavy atom. The van der Waals surface area contributed by atoms with Crippen LogP contribution in [0.15, 0.2) is 18.3 Å². The largest absolute Gasteiger partial charge is 0.349 e. The third kappa shape index (κ3) is 6.30. The molecule has 2 aliphatic rings. The maximum atomic E-state index is 13.4. The Labute approximate surface area is 230 Å². The molecule has 3 heterocycles. The molecule has 1 aliphatic carbocycles. The summed E-state index contributed by atoms with van der Waals surface area (Å²) in [5.41, 5.74) is -0.0617. The van der Waals surface area contributed by atoms with Crippen LogP contribution in [0.25, 0.3) is 0 Å². The number of amides is 4. The molecule has 0 aromatic carbocycles. The molecule has 38 heavy (non-hydrogen) atoms. The van der Waals surface area contributed by atoms with Crippen molar-refractivity contribution in [1.82, 2.24) is 30.4 Å². The number of likely N-dealkylation sites (N-methyl/N-ethyl adjacent to an activating group) is 1. The van der Waals surface area contributed by atoms with Crippen LogP contribution < -0.4 is 16.0 Å². The SMILES string of the molecule is CN1CCc2nc(C(=O)N[C@@]3(C)C[C@@H](C(=O)N(C)C)CC[C@@H]3NC(=O)C(=O)Nc3ccc(Cl)cn3)sc2C1. The first-order valence-corrected chi connectivity index (χ1v) is 13.6. The average Bonchev–Trinajstić information content (AvgIpc) is 3.29. The quantitative estimate of drug-likeness (QED) is 0.472. The van der Waals surface area contributed by atoms with E-state index in [0.717, 1.165) is 30.1 Å². The van der Waals surface area contributed by atoms with E-state index >= 15 is 0 Å². The molecule has 2 aromatic rings. The molecule has 1 aliphatic heterocycles. The third-order valence-electron chi connectivity index (χ3n) is 7.03. The maximum absolute atomic E-state index is 13.4. The van der Waals surface area contributed by atoms with E-state index in [-0.39, 0.29) is 23.6 Å². The fourth-order valence-electron chi connectivity index (χ4n) is 4.97. The van der Waals surface area contributed by atoms with Crippen molar-refractivity contribution in [3.05, 3.63) is 38.9 Å². The lowest BCUT2D eigenvalue weighted by Crippen LogP contribution is -2.64. The van der Waals surface area contributed by atoms with Gasteiger partial charge in [0.2, 0.25) is 5.91 Å². The van der Waals surface area contributed by atoms with Crippen molar-refractivity contribution >= 4 is 52.4 Å². The van der Waals surface area contributed by atoms with Crippen LogP contribution in [0.2, 0.25) is 5.02 Å². The second kappa shape index (κ2) is 11.3. The molecule has 0 unspecified atom stereocenters. The van der Waals surface area contributed by atoms with E-state index in [0.29, 0.717) is 29.3 Å². The zero-order valence-electron chi connectivity index (χ0n) is 21.8. The minimum absolute atomic E-state index is 0.0467. The molecule has 4 rings (SSSR count). The van der Waals surface area contributed by atoms with Crippen molar-refractivity contribution in [3.8, 4) is 0 Å². The number of nitrogens with zero attached hydrogens (tertiary/aromatic N) is 4. The van der Waals surface area contributed by atoms with Gasteiger partial charge in [0.1, 0.15) is 5.82 Å². The van der Waals surface area contributed by atoms with Crippen molar-refractivity contribution in [2.24, 2.45) is 5.92 Å². The van der Waals surface area contributed by atoms with Gasteiger partial charge in [0.05, 0.1) is 22.3 Å². The van der Waals surface area contributed by atoms with Gasteiger partial charge >= 0.3 is 11.8 Å². The fraction of sp³-hybridized carbons (Fsp3) is 0.520. The van der Waals surface area contributed by atoms with Gasteiger partial charge in [-0.3, -0.25) is 19.2 Å². The van der Waals surface area contributed by atoms with Crippen LogP contribution in [0.4, 0.5) is 5.82 Å². The normalized spacial score (nSPS) is 23.2. The van der Waals surface area contributed by atoms with Crippen LogP contribution >= 0.6 is 22.9 Å². The number of fused-ring (bicyclic) bond motifs is 1. The zero-order chi connectivity index (χ0) is 27.6. The van der Waals surface area contributed by atoms with Gasteiger partial charge in [-0.2, -0.15) is 0 Å². The van der Waals surface area contributed by atoms with Crippen LogP contribution in [0.1, 0.15) is 46.6 Å². The van der Waals surface area contributed by atoms with Gasteiger partial charge in [-0.05, 0) is 45.4 Å². The number of hydrogen-bond acceptors (Lipinski definition) is 8.